The zero-order valence-electron chi connectivity index (χ0n) is 14.0. The van der Waals surface area contributed by atoms with Crippen molar-refractivity contribution >= 4 is 17.9 Å². The smallest absolute Gasteiger partial charge is 0.408 e. The van der Waals surface area contributed by atoms with Crippen molar-refractivity contribution < 1.29 is 19.1 Å². The molecule has 5 N–H and O–H groups in total. The number of nitrogens with one attached hydrogen (secondary N) is 3. The summed E-state index contributed by atoms with van der Waals surface area (Å²) in [5.74, 6) is -0.386. The number of benzene rings is 1. The molecule has 1 saturated carbocycles. The number of rotatable bonds is 10. The van der Waals surface area contributed by atoms with Gasteiger partial charge in [0.1, 0.15) is 12.6 Å². The minimum atomic E-state index is -0.683. The van der Waals surface area contributed by atoms with Gasteiger partial charge in [0.25, 0.3) is 5.91 Å². The number of primary amides is 1. The summed E-state index contributed by atoms with van der Waals surface area (Å²) in [7, 11) is 0. The van der Waals surface area contributed by atoms with Gasteiger partial charge in [-0.1, -0.05) is 43.2 Å². The molecule has 3 amide bonds. The summed E-state index contributed by atoms with van der Waals surface area (Å²) in [6, 6.07) is 8.62. The molecule has 1 aliphatic carbocycles. The standard InChI is InChI=1S/C17H24N4O4/c18-15(22)8-9-19-21-16(23)14(10-12-6-7-12)20-17(24)25-11-13-4-2-1-3-5-13/h1-5,12,14,19H,6-11H2,(H2,18,22)(H,20,24)(H,21,23)/t14-/m0/s1. The Balaban J connectivity index is 1.76. The summed E-state index contributed by atoms with van der Waals surface area (Å²) in [6.45, 7) is 0.372. The highest BCUT2D eigenvalue weighted by Crippen LogP contribution is 2.33. The minimum absolute atomic E-state index is 0.111. The van der Waals surface area contributed by atoms with Gasteiger partial charge in [-0.25, -0.2) is 10.2 Å². The van der Waals surface area contributed by atoms with Gasteiger partial charge < -0.3 is 15.8 Å². The van der Waals surface area contributed by atoms with Gasteiger partial charge in [0.2, 0.25) is 5.91 Å². The summed E-state index contributed by atoms with van der Waals surface area (Å²) in [6.07, 6.45) is 2.14. The number of hydrazine groups is 1. The Labute approximate surface area is 146 Å². The predicted octanol–water partition coefficient (Wildman–Crippen LogP) is 0.578. The van der Waals surface area contributed by atoms with Crippen molar-refractivity contribution in [3.63, 3.8) is 0 Å². The molecule has 1 fully saturated rings. The zero-order chi connectivity index (χ0) is 18.1. The third-order valence-electron chi connectivity index (χ3n) is 3.80. The Morgan fingerprint density at radius 1 is 1.20 bits per heavy atom. The Morgan fingerprint density at radius 2 is 1.92 bits per heavy atom. The highest BCUT2D eigenvalue weighted by atomic mass is 16.5. The van der Waals surface area contributed by atoms with Gasteiger partial charge in [-0.05, 0) is 17.9 Å². The molecule has 136 valence electrons. The van der Waals surface area contributed by atoms with Crippen LogP contribution in [0, 0.1) is 5.92 Å². The molecular formula is C17H24N4O4. The van der Waals surface area contributed by atoms with Gasteiger partial charge in [0, 0.05) is 13.0 Å². The first kappa shape index (κ1) is 18.7. The molecule has 0 aliphatic heterocycles. The van der Waals surface area contributed by atoms with Crippen molar-refractivity contribution in [3.05, 3.63) is 35.9 Å². The van der Waals surface area contributed by atoms with Crippen molar-refractivity contribution in [2.75, 3.05) is 6.54 Å². The Bertz CT molecular complexity index is 590. The van der Waals surface area contributed by atoms with Gasteiger partial charge >= 0.3 is 6.09 Å². The fourth-order valence-corrected chi connectivity index (χ4v) is 2.25. The first-order valence-electron chi connectivity index (χ1n) is 8.33. The van der Waals surface area contributed by atoms with E-state index in [2.05, 4.69) is 16.2 Å². The van der Waals surface area contributed by atoms with Crippen LogP contribution >= 0.6 is 0 Å². The van der Waals surface area contributed by atoms with Crippen LogP contribution in [-0.4, -0.2) is 30.5 Å². The van der Waals surface area contributed by atoms with E-state index in [0.717, 1.165) is 18.4 Å². The number of ether oxygens (including phenoxy) is 1. The van der Waals surface area contributed by atoms with Crippen LogP contribution in [0.2, 0.25) is 0 Å². The van der Waals surface area contributed by atoms with E-state index in [1.807, 2.05) is 30.3 Å². The Morgan fingerprint density at radius 3 is 2.56 bits per heavy atom. The maximum absolute atomic E-state index is 12.2. The van der Waals surface area contributed by atoms with E-state index in [-0.39, 0.29) is 25.5 Å². The topological polar surface area (TPSA) is 123 Å². The molecule has 0 aromatic heterocycles. The summed E-state index contributed by atoms with van der Waals surface area (Å²) in [5, 5.41) is 2.60. The molecule has 0 bridgehead atoms. The molecule has 2 rings (SSSR count). The number of carbonyl (C=O) groups excluding carboxylic acids is 3. The van der Waals surface area contributed by atoms with E-state index < -0.39 is 18.0 Å². The van der Waals surface area contributed by atoms with Crippen LogP contribution in [0.1, 0.15) is 31.2 Å². The maximum atomic E-state index is 12.2. The van der Waals surface area contributed by atoms with Gasteiger partial charge in [-0.3, -0.25) is 15.0 Å². The number of amides is 3. The molecule has 25 heavy (non-hydrogen) atoms. The lowest BCUT2D eigenvalue weighted by Crippen LogP contribution is -2.51. The molecule has 8 nitrogen and oxygen atoms in total. The van der Waals surface area contributed by atoms with Crippen LogP contribution in [0.15, 0.2) is 30.3 Å². The summed E-state index contributed by atoms with van der Waals surface area (Å²) in [5.41, 5.74) is 11.0. The molecule has 1 aromatic carbocycles. The van der Waals surface area contributed by atoms with Crippen molar-refractivity contribution in [2.24, 2.45) is 11.7 Å². The molecule has 8 heteroatoms. The zero-order valence-corrected chi connectivity index (χ0v) is 14.0. The first-order valence-corrected chi connectivity index (χ1v) is 8.33. The van der Waals surface area contributed by atoms with E-state index in [0.29, 0.717) is 12.3 Å². The normalized spacial score (nSPS) is 14.4. The SMILES string of the molecule is NC(=O)CCNNC(=O)[C@H](CC1CC1)NC(=O)OCc1ccccc1. The predicted molar refractivity (Wildman–Crippen MR) is 90.8 cm³/mol. The molecule has 1 aliphatic rings. The van der Waals surface area contributed by atoms with Gasteiger partial charge in [0.15, 0.2) is 0 Å². The van der Waals surface area contributed by atoms with Crippen molar-refractivity contribution in [3.8, 4) is 0 Å². The fraction of sp³-hybridized carbons (Fsp3) is 0.471. The molecule has 1 aromatic rings. The molecule has 0 heterocycles. The van der Waals surface area contributed by atoms with Crippen molar-refractivity contribution in [2.45, 2.75) is 38.3 Å². The molecule has 1 atom stereocenters. The van der Waals surface area contributed by atoms with Gasteiger partial charge in [0.05, 0.1) is 0 Å². The Kier molecular flexibility index (Phi) is 7.21. The van der Waals surface area contributed by atoms with E-state index in [1.54, 1.807) is 0 Å². The Hall–Kier alpha value is -2.61. The number of carbonyl (C=O) groups is 3. The maximum Gasteiger partial charge on any atom is 0.408 e. The van der Waals surface area contributed by atoms with Crippen molar-refractivity contribution in [1.29, 1.82) is 0 Å². The minimum Gasteiger partial charge on any atom is -0.445 e. The lowest BCUT2D eigenvalue weighted by molar-refractivity contribution is -0.124. The van der Waals surface area contributed by atoms with E-state index in [4.69, 9.17) is 10.5 Å². The van der Waals surface area contributed by atoms with Crippen LogP contribution in [0.25, 0.3) is 0 Å². The van der Waals surface area contributed by atoms with Crippen LogP contribution < -0.4 is 21.9 Å². The molecular weight excluding hydrogens is 324 g/mol. The lowest BCUT2D eigenvalue weighted by atomic mass is 10.1. The first-order chi connectivity index (χ1) is 12.0. The number of alkyl carbamates (subject to hydrolysis) is 1. The van der Waals surface area contributed by atoms with E-state index >= 15 is 0 Å². The average Bonchev–Trinajstić information content (AvgIpc) is 3.41. The third-order valence-corrected chi connectivity index (χ3v) is 3.80. The summed E-state index contributed by atoms with van der Waals surface area (Å²) in [4.78, 5) is 34.8. The third kappa shape index (κ3) is 7.67. The van der Waals surface area contributed by atoms with Crippen LogP contribution in [0.5, 0.6) is 0 Å². The van der Waals surface area contributed by atoms with Crippen LogP contribution in [0.4, 0.5) is 4.79 Å². The highest BCUT2D eigenvalue weighted by molar-refractivity contribution is 5.85. The second kappa shape index (κ2) is 9.63. The number of nitrogens with two attached hydrogens (primary N) is 1. The monoisotopic (exact) mass is 348 g/mol. The number of hydrogen-bond donors (Lipinski definition) is 4. The molecule has 0 spiro atoms. The molecule has 0 radical (unpaired) electrons. The quantitative estimate of drug-likeness (QED) is 0.364. The molecule has 0 unspecified atom stereocenters. The van der Waals surface area contributed by atoms with Gasteiger partial charge in [-0.2, -0.15) is 0 Å². The van der Waals surface area contributed by atoms with Crippen LogP contribution in [0.3, 0.4) is 0 Å². The van der Waals surface area contributed by atoms with E-state index in [9.17, 15) is 14.4 Å². The lowest BCUT2D eigenvalue weighted by Gasteiger charge is -2.18. The van der Waals surface area contributed by atoms with Crippen LogP contribution in [-0.2, 0) is 20.9 Å². The second-order valence-corrected chi connectivity index (χ2v) is 6.07. The fourth-order valence-electron chi connectivity index (χ4n) is 2.25. The summed E-state index contributed by atoms with van der Waals surface area (Å²) < 4.78 is 5.16. The van der Waals surface area contributed by atoms with Crippen molar-refractivity contribution in [1.82, 2.24) is 16.2 Å². The average molecular weight is 348 g/mol. The highest BCUT2D eigenvalue weighted by Gasteiger charge is 2.30. The largest absolute Gasteiger partial charge is 0.445 e. The summed E-state index contributed by atoms with van der Waals surface area (Å²) >= 11 is 0. The second-order valence-electron chi connectivity index (χ2n) is 6.07. The number of hydrogen-bond acceptors (Lipinski definition) is 5. The van der Waals surface area contributed by atoms with Gasteiger partial charge in [-0.15, -0.1) is 0 Å². The van der Waals surface area contributed by atoms with E-state index in [1.165, 1.54) is 0 Å². The molecule has 0 saturated heterocycles.